The minimum absolute atomic E-state index is 0.0428. The van der Waals surface area contributed by atoms with Gasteiger partial charge in [-0.25, -0.2) is 0 Å². The summed E-state index contributed by atoms with van der Waals surface area (Å²) in [4.78, 5) is 12.1. The van der Waals surface area contributed by atoms with Crippen LogP contribution in [0.2, 0.25) is 0 Å². The number of nitrogens with one attached hydrogen (secondary N) is 1. The number of hydrogen-bond acceptors (Lipinski definition) is 3. The Labute approximate surface area is 115 Å². The Hall–Kier alpha value is -1.55. The molecule has 19 heavy (non-hydrogen) atoms. The molecule has 106 valence electrons. The molecule has 0 heterocycles. The third-order valence-corrected chi connectivity index (χ3v) is 3.81. The topological polar surface area (TPSA) is 75.4 Å². The van der Waals surface area contributed by atoms with Crippen LogP contribution in [-0.2, 0) is 11.2 Å². The fraction of sp³-hybridized carbons (Fsp3) is 0.533. The predicted molar refractivity (Wildman–Crippen MR) is 76.9 cm³/mol. The fourth-order valence-electron chi connectivity index (χ4n) is 1.50. The van der Waals surface area contributed by atoms with Crippen LogP contribution in [-0.4, -0.2) is 23.1 Å². The van der Waals surface area contributed by atoms with Gasteiger partial charge in [-0.15, -0.1) is 0 Å². The average Bonchev–Trinajstić information content (AvgIpc) is 2.30. The van der Waals surface area contributed by atoms with E-state index < -0.39 is 11.0 Å². The van der Waals surface area contributed by atoms with Gasteiger partial charge in [-0.05, 0) is 51.8 Å². The molecule has 0 unspecified atom stereocenters. The van der Waals surface area contributed by atoms with E-state index in [4.69, 9.17) is 5.73 Å². The summed E-state index contributed by atoms with van der Waals surface area (Å²) >= 11 is 0. The molecule has 1 aromatic rings. The second kappa shape index (κ2) is 5.61. The highest BCUT2D eigenvalue weighted by molar-refractivity contribution is 5.83. The van der Waals surface area contributed by atoms with E-state index in [1.54, 1.807) is 12.1 Å². The molecule has 4 nitrogen and oxygen atoms in total. The first-order valence-electron chi connectivity index (χ1n) is 6.49. The van der Waals surface area contributed by atoms with Crippen LogP contribution >= 0.6 is 0 Å². The summed E-state index contributed by atoms with van der Waals surface area (Å²) in [6, 6.07) is 6.98. The monoisotopic (exact) mass is 264 g/mol. The molecule has 0 atom stereocenters. The molecule has 0 fully saturated rings. The fourth-order valence-corrected chi connectivity index (χ4v) is 1.50. The molecule has 0 saturated carbocycles. The SMILES string of the molecule is CC(C)(N)C(C)(C)C(=O)NCCc1ccc(O)cc1. The smallest absolute Gasteiger partial charge is 0.227 e. The Kier molecular flexibility index (Phi) is 4.58. The Morgan fingerprint density at radius 3 is 2.21 bits per heavy atom. The van der Waals surface area contributed by atoms with Gasteiger partial charge in [0.1, 0.15) is 5.75 Å². The van der Waals surface area contributed by atoms with Crippen LogP contribution in [0, 0.1) is 5.41 Å². The highest BCUT2D eigenvalue weighted by atomic mass is 16.3. The van der Waals surface area contributed by atoms with E-state index in [0.29, 0.717) is 6.54 Å². The summed E-state index contributed by atoms with van der Waals surface area (Å²) in [5.74, 6) is 0.206. The summed E-state index contributed by atoms with van der Waals surface area (Å²) in [7, 11) is 0. The second-order valence-electron chi connectivity index (χ2n) is 6.02. The van der Waals surface area contributed by atoms with Crippen molar-refractivity contribution in [2.75, 3.05) is 6.54 Å². The van der Waals surface area contributed by atoms with Crippen molar-refractivity contribution in [3.63, 3.8) is 0 Å². The lowest BCUT2D eigenvalue weighted by Crippen LogP contribution is -2.55. The first-order chi connectivity index (χ1) is 8.64. The van der Waals surface area contributed by atoms with Crippen molar-refractivity contribution < 1.29 is 9.90 Å². The largest absolute Gasteiger partial charge is 0.508 e. The number of nitrogens with two attached hydrogens (primary N) is 1. The molecule has 4 N–H and O–H groups in total. The summed E-state index contributed by atoms with van der Waals surface area (Å²) in [5.41, 5.74) is 5.90. The quantitative estimate of drug-likeness (QED) is 0.759. The van der Waals surface area contributed by atoms with Crippen LogP contribution in [0.3, 0.4) is 0 Å². The first-order valence-corrected chi connectivity index (χ1v) is 6.49. The molecule has 1 rings (SSSR count). The number of amides is 1. The van der Waals surface area contributed by atoms with E-state index in [1.165, 1.54) is 0 Å². The Balaban J connectivity index is 2.49. The van der Waals surface area contributed by atoms with E-state index in [0.717, 1.165) is 12.0 Å². The van der Waals surface area contributed by atoms with Gasteiger partial charge in [-0.3, -0.25) is 4.79 Å². The number of phenolic OH excluding ortho intramolecular Hbond substituents is 1. The zero-order valence-corrected chi connectivity index (χ0v) is 12.2. The van der Waals surface area contributed by atoms with Gasteiger partial charge in [-0.2, -0.15) is 0 Å². The van der Waals surface area contributed by atoms with E-state index in [1.807, 2.05) is 39.8 Å². The van der Waals surface area contributed by atoms with Gasteiger partial charge in [-0.1, -0.05) is 12.1 Å². The Morgan fingerprint density at radius 2 is 1.74 bits per heavy atom. The number of benzene rings is 1. The van der Waals surface area contributed by atoms with Gasteiger partial charge in [0.25, 0.3) is 0 Å². The lowest BCUT2D eigenvalue weighted by molar-refractivity contribution is -0.132. The van der Waals surface area contributed by atoms with Crippen molar-refractivity contribution in [2.24, 2.45) is 11.1 Å². The molecule has 0 aliphatic heterocycles. The molecule has 1 aromatic carbocycles. The van der Waals surface area contributed by atoms with Gasteiger partial charge < -0.3 is 16.2 Å². The van der Waals surface area contributed by atoms with Gasteiger partial charge >= 0.3 is 0 Å². The van der Waals surface area contributed by atoms with E-state index in [-0.39, 0.29) is 11.7 Å². The van der Waals surface area contributed by atoms with Crippen LogP contribution in [0.15, 0.2) is 24.3 Å². The maximum atomic E-state index is 12.1. The molecule has 1 amide bonds. The molecule has 0 aromatic heterocycles. The minimum atomic E-state index is -0.623. The highest BCUT2D eigenvalue weighted by Gasteiger charge is 2.40. The highest BCUT2D eigenvalue weighted by Crippen LogP contribution is 2.28. The maximum Gasteiger partial charge on any atom is 0.227 e. The average molecular weight is 264 g/mol. The van der Waals surface area contributed by atoms with Crippen LogP contribution in [0.1, 0.15) is 33.3 Å². The van der Waals surface area contributed by atoms with Crippen molar-refractivity contribution in [1.82, 2.24) is 5.32 Å². The lowest BCUT2D eigenvalue weighted by atomic mass is 9.74. The summed E-state index contributed by atoms with van der Waals surface area (Å²) in [6.45, 7) is 7.97. The molecule has 0 bridgehead atoms. The van der Waals surface area contributed by atoms with E-state index in [2.05, 4.69) is 5.32 Å². The predicted octanol–water partition coefficient (Wildman–Crippen LogP) is 1.81. The lowest BCUT2D eigenvalue weighted by Gasteiger charge is -2.36. The van der Waals surface area contributed by atoms with Gasteiger partial charge in [0, 0.05) is 12.1 Å². The maximum absolute atomic E-state index is 12.1. The second-order valence-corrected chi connectivity index (χ2v) is 6.02. The van der Waals surface area contributed by atoms with Crippen LogP contribution in [0.5, 0.6) is 5.75 Å². The van der Waals surface area contributed by atoms with Crippen molar-refractivity contribution in [3.8, 4) is 5.75 Å². The number of rotatable bonds is 5. The third kappa shape index (κ3) is 3.96. The molecule has 0 spiro atoms. The number of aromatic hydroxyl groups is 1. The standard InChI is InChI=1S/C15H24N2O2/c1-14(2,15(3,4)16)13(19)17-10-9-11-5-7-12(18)8-6-11/h5-8,18H,9-10,16H2,1-4H3,(H,17,19). The number of carbonyl (C=O) groups excluding carboxylic acids is 1. The van der Waals surface area contributed by atoms with Gasteiger partial charge in [0.2, 0.25) is 5.91 Å². The Bertz CT molecular complexity index is 430. The Morgan fingerprint density at radius 1 is 1.21 bits per heavy atom. The molecular formula is C15H24N2O2. The number of hydrogen-bond donors (Lipinski definition) is 3. The normalized spacial score (nSPS) is 12.3. The molecule has 0 saturated heterocycles. The summed E-state index contributed by atoms with van der Waals surface area (Å²) in [6.07, 6.45) is 0.729. The van der Waals surface area contributed by atoms with Crippen molar-refractivity contribution in [3.05, 3.63) is 29.8 Å². The van der Waals surface area contributed by atoms with Crippen molar-refractivity contribution in [2.45, 2.75) is 39.7 Å². The minimum Gasteiger partial charge on any atom is -0.508 e. The molecule has 0 radical (unpaired) electrons. The van der Waals surface area contributed by atoms with Crippen molar-refractivity contribution >= 4 is 5.91 Å². The van der Waals surface area contributed by atoms with Crippen molar-refractivity contribution in [1.29, 1.82) is 0 Å². The molecular weight excluding hydrogens is 240 g/mol. The van der Waals surface area contributed by atoms with E-state index >= 15 is 0 Å². The third-order valence-electron chi connectivity index (χ3n) is 3.81. The number of carbonyl (C=O) groups is 1. The van der Waals surface area contributed by atoms with E-state index in [9.17, 15) is 9.90 Å². The molecule has 0 aliphatic rings. The first kappa shape index (κ1) is 15.5. The zero-order chi connectivity index (χ0) is 14.7. The zero-order valence-electron chi connectivity index (χ0n) is 12.2. The van der Waals surface area contributed by atoms with Gasteiger partial charge in [0.15, 0.2) is 0 Å². The molecule has 0 aliphatic carbocycles. The molecule has 4 heteroatoms. The van der Waals surface area contributed by atoms with Gasteiger partial charge in [0.05, 0.1) is 5.41 Å². The summed E-state index contributed by atoms with van der Waals surface area (Å²) < 4.78 is 0. The van der Waals surface area contributed by atoms with Crippen LogP contribution < -0.4 is 11.1 Å². The van der Waals surface area contributed by atoms with Crippen LogP contribution in [0.4, 0.5) is 0 Å². The summed E-state index contributed by atoms with van der Waals surface area (Å²) in [5, 5.41) is 12.1. The van der Waals surface area contributed by atoms with Crippen LogP contribution in [0.25, 0.3) is 0 Å². The number of phenols is 1.